The van der Waals surface area contributed by atoms with Gasteiger partial charge in [-0.05, 0) is 11.5 Å². The molecular weight excluding hydrogens is 184 g/mol. The van der Waals surface area contributed by atoms with E-state index in [1.165, 1.54) is 0 Å². The summed E-state index contributed by atoms with van der Waals surface area (Å²) in [6.07, 6.45) is 1.88. The van der Waals surface area contributed by atoms with Crippen molar-refractivity contribution in [2.24, 2.45) is 0 Å². The van der Waals surface area contributed by atoms with Crippen molar-refractivity contribution in [2.45, 2.75) is 0 Å². The Kier molecular flexibility index (Phi) is 2.03. The second kappa shape index (κ2) is 3.19. The molecule has 2 heteroatoms. The molecule has 63 valence electrons. The van der Waals surface area contributed by atoms with E-state index in [1.807, 2.05) is 30.6 Å². The van der Waals surface area contributed by atoms with Crippen LogP contribution >= 0.6 is 11.6 Å². The Morgan fingerprint density at radius 2 is 1.77 bits per heavy atom. The molecule has 0 saturated carbocycles. The fourth-order valence-corrected chi connectivity index (χ4v) is 1.66. The third-order valence-corrected chi connectivity index (χ3v) is 2.28. The fraction of sp³-hybridized carbons (Fsp3) is 0. The number of benzene rings is 2. The van der Waals surface area contributed by atoms with Crippen molar-refractivity contribution in [3.63, 3.8) is 0 Å². The molecule has 0 aliphatic rings. The molecule has 0 aliphatic heterocycles. The fourth-order valence-electron chi connectivity index (χ4n) is 1.38. The summed E-state index contributed by atoms with van der Waals surface area (Å²) in [5.74, 6) is 0. The van der Waals surface area contributed by atoms with Gasteiger partial charge in [-0.2, -0.15) is 0 Å². The minimum atomic E-state index is 0.517. The van der Waals surface area contributed by atoms with E-state index in [0.29, 0.717) is 10.6 Å². The van der Waals surface area contributed by atoms with Crippen LogP contribution in [0.15, 0.2) is 36.4 Å². The van der Waals surface area contributed by atoms with Crippen LogP contribution in [0.3, 0.4) is 0 Å². The molecule has 0 unspecified atom stereocenters. The van der Waals surface area contributed by atoms with Crippen LogP contribution in [0.4, 0.5) is 0 Å². The highest BCUT2D eigenvalue weighted by Gasteiger charge is 2.03. The Morgan fingerprint density at radius 3 is 2.46 bits per heavy atom. The van der Waals surface area contributed by atoms with Crippen LogP contribution in [0, 0.1) is 0 Å². The van der Waals surface area contributed by atoms with E-state index < -0.39 is 0 Å². The summed E-state index contributed by atoms with van der Waals surface area (Å²) in [6, 6.07) is 11.0. The summed E-state index contributed by atoms with van der Waals surface area (Å²) in [5.41, 5.74) is 0.517. The molecule has 0 heterocycles. The van der Waals surface area contributed by atoms with Crippen molar-refractivity contribution in [2.75, 3.05) is 0 Å². The van der Waals surface area contributed by atoms with Crippen LogP contribution < -0.4 is 0 Å². The molecule has 2 aromatic carbocycles. The van der Waals surface area contributed by atoms with Crippen LogP contribution in [0.5, 0.6) is 0 Å². The predicted octanol–water partition coefficient (Wildman–Crippen LogP) is 2.95. The SMILES string of the molecule is O=[C]c1cccc2cccc(Cl)c12. The van der Waals surface area contributed by atoms with Gasteiger partial charge in [-0.1, -0.05) is 41.9 Å². The number of hydrogen-bond donors (Lipinski definition) is 0. The average molecular weight is 190 g/mol. The van der Waals surface area contributed by atoms with Gasteiger partial charge >= 0.3 is 0 Å². The first-order valence-corrected chi connectivity index (χ1v) is 4.26. The van der Waals surface area contributed by atoms with E-state index in [0.717, 1.165) is 10.8 Å². The number of halogens is 1. The topological polar surface area (TPSA) is 17.1 Å². The first-order chi connectivity index (χ1) is 6.33. The zero-order valence-corrected chi connectivity index (χ0v) is 7.51. The lowest BCUT2D eigenvalue weighted by molar-refractivity contribution is 0.563. The summed E-state index contributed by atoms with van der Waals surface area (Å²) >= 11 is 5.96. The van der Waals surface area contributed by atoms with Crippen molar-refractivity contribution < 1.29 is 4.79 Å². The van der Waals surface area contributed by atoms with Crippen molar-refractivity contribution in [3.8, 4) is 0 Å². The molecule has 13 heavy (non-hydrogen) atoms. The van der Waals surface area contributed by atoms with Crippen molar-refractivity contribution in [3.05, 3.63) is 47.0 Å². The summed E-state index contributed by atoms with van der Waals surface area (Å²) in [7, 11) is 0. The van der Waals surface area contributed by atoms with E-state index in [1.54, 1.807) is 12.1 Å². The second-order valence-corrected chi connectivity index (χ2v) is 3.15. The van der Waals surface area contributed by atoms with Gasteiger partial charge < -0.3 is 0 Å². The van der Waals surface area contributed by atoms with Gasteiger partial charge in [-0.3, -0.25) is 4.79 Å². The maximum absolute atomic E-state index is 10.6. The average Bonchev–Trinajstić information content (AvgIpc) is 2.17. The lowest BCUT2D eigenvalue weighted by atomic mass is 10.1. The maximum atomic E-state index is 10.6. The third-order valence-electron chi connectivity index (χ3n) is 1.96. The summed E-state index contributed by atoms with van der Waals surface area (Å²) in [4.78, 5) is 10.6. The van der Waals surface area contributed by atoms with Gasteiger partial charge in [0.05, 0.1) is 0 Å². The van der Waals surface area contributed by atoms with Gasteiger partial charge in [0.15, 0.2) is 0 Å². The molecular formula is C11H6ClO. The summed E-state index contributed by atoms with van der Waals surface area (Å²) in [6.45, 7) is 0. The monoisotopic (exact) mass is 189 g/mol. The molecule has 0 aliphatic carbocycles. The first-order valence-electron chi connectivity index (χ1n) is 3.88. The van der Waals surface area contributed by atoms with Crippen LogP contribution in [-0.2, 0) is 4.79 Å². The molecule has 1 radical (unpaired) electrons. The maximum Gasteiger partial charge on any atom is 0.234 e. The van der Waals surface area contributed by atoms with E-state index >= 15 is 0 Å². The zero-order valence-electron chi connectivity index (χ0n) is 6.75. The summed E-state index contributed by atoms with van der Waals surface area (Å²) in [5, 5.41) is 2.34. The van der Waals surface area contributed by atoms with E-state index in [9.17, 15) is 4.79 Å². The smallest absolute Gasteiger partial charge is 0.234 e. The van der Waals surface area contributed by atoms with Crippen molar-refractivity contribution in [1.82, 2.24) is 0 Å². The highest BCUT2D eigenvalue weighted by molar-refractivity contribution is 6.36. The van der Waals surface area contributed by atoms with Crippen LogP contribution in [0.1, 0.15) is 5.56 Å². The van der Waals surface area contributed by atoms with E-state index in [-0.39, 0.29) is 0 Å². The molecule has 0 atom stereocenters. The van der Waals surface area contributed by atoms with Gasteiger partial charge in [0.1, 0.15) is 0 Å². The first kappa shape index (κ1) is 8.27. The minimum Gasteiger partial charge on any atom is -0.285 e. The van der Waals surface area contributed by atoms with Gasteiger partial charge in [-0.25, -0.2) is 0 Å². The Balaban J connectivity index is 2.94. The molecule has 1 nitrogen and oxygen atoms in total. The molecule has 0 bridgehead atoms. The van der Waals surface area contributed by atoms with Gasteiger partial charge in [0, 0.05) is 16.0 Å². The van der Waals surface area contributed by atoms with E-state index in [4.69, 9.17) is 11.6 Å². The van der Waals surface area contributed by atoms with Gasteiger partial charge in [-0.15, -0.1) is 0 Å². The largest absolute Gasteiger partial charge is 0.285 e. The number of hydrogen-bond acceptors (Lipinski definition) is 1. The minimum absolute atomic E-state index is 0.517. The van der Waals surface area contributed by atoms with Gasteiger partial charge in [0.2, 0.25) is 6.29 Å². The predicted molar refractivity (Wildman–Crippen MR) is 53.8 cm³/mol. The summed E-state index contributed by atoms with van der Waals surface area (Å²) < 4.78 is 0. The third kappa shape index (κ3) is 1.31. The zero-order chi connectivity index (χ0) is 9.26. The Hall–Kier alpha value is -1.34. The van der Waals surface area contributed by atoms with Crippen LogP contribution in [-0.4, -0.2) is 6.29 Å². The standard InChI is InChI=1S/C11H6ClO/c12-10-6-2-4-8-3-1-5-9(7-13)11(8)10/h1-6H. The highest BCUT2D eigenvalue weighted by atomic mass is 35.5. The molecule has 0 fully saturated rings. The van der Waals surface area contributed by atoms with Crippen molar-refractivity contribution >= 4 is 28.7 Å². The molecule has 0 saturated heterocycles. The lowest BCUT2D eigenvalue weighted by Gasteiger charge is -2.01. The lowest BCUT2D eigenvalue weighted by Crippen LogP contribution is -1.83. The number of carbonyl (C=O) groups excluding carboxylic acids is 1. The Bertz CT molecular complexity index is 457. The molecule has 2 aromatic rings. The number of fused-ring (bicyclic) bond motifs is 1. The molecule has 2 rings (SSSR count). The molecule has 0 N–H and O–H groups in total. The molecule has 0 aromatic heterocycles. The quantitative estimate of drug-likeness (QED) is 0.674. The van der Waals surface area contributed by atoms with Crippen LogP contribution in [0.25, 0.3) is 10.8 Å². The number of rotatable bonds is 1. The molecule has 0 amide bonds. The van der Waals surface area contributed by atoms with E-state index in [2.05, 4.69) is 0 Å². The van der Waals surface area contributed by atoms with Crippen LogP contribution in [0.2, 0.25) is 5.02 Å². The second-order valence-electron chi connectivity index (χ2n) is 2.75. The normalized spacial score (nSPS) is 10.2. The Morgan fingerprint density at radius 1 is 1.08 bits per heavy atom. The highest BCUT2D eigenvalue weighted by Crippen LogP contribution is 2.25. The molecule has 0 spiro atoms. The van der Waals surface area contributed by atoms with Gasteiger partial charge in [0.25, 0.3) is 0 Å². The Labute approximate surface area is 80.9 Å². The van der Waals surface area contributed by atoms with Crippen molar-refractivity contribution in [1.29, 1.82) is 0 Å².